The van der Waals surface area contributed by atoms with Crippen LogP contribution in [0.2, 0.25) is 0 Å². The van der Waals surface area contributed by atoms with E-state index >= 15 is 0 Å². The average molecular weight is 150 g/mol. The summed E-state index contributed by atoms with van der Waals surface area (Å²) in [4.78, 5) is 0. The van der Waals surface area contributed by atoms with Crippen LogP contribution in [0.5, 0.6) is 0 Å². The molecule has 1 aliphatic carbocycles. The summed E-state index contributed by atoms with van der Waals surface area (Å²) in [5, 5.41) is 9.19. The molecule has 0 aromatic heterocycles. The number of aliphatic hydroxyl groups is 1. The van der Waals surface area contributed by atoms with Crippen LogP contribution >= 0.6 is 0 Å². The molecular formula is C7H12F2O. The first kappa shape index (κ1) is 7.92. The van der Waals surface area contributed by atoms with Gasteiger partial charge in [0.15, 0.2) is 0 Å². The second kappa shape index (κ2) is 2.46. The van der Waals surface area contributed by atoms with Crippen LogP contribution in [-0.2, 0) is 0 Å². The monoisotopic (exact) mass is 150 g/mol. The molecule has 0 aliphatic heterocycles. The molecule has 1 aliphatic rings. The number of hydrogen-bond donors (Lipinski definition) is 1. The Hall–Kier alpha value is -0.180. The van der Waals surface area contributed by atoms with Gasteiger partial charge < -0.3 is 5.11 Å². The average Bonchev–Trinajstić information content (AvgIpc) is 2.13. The summed E-state index contributed by atoms with van der Waals surface area (Å²) in [6.45, 7) is 1.89. The quantitative estimate of drug-likeness (QED) is 0.604. The highest BCUT2D eigenvalue weighted by atomic mass is 19.3. The minimum atomic E-state index is -2.57. The Morgan fingerprint density at radius 1 is 1.60 bits per heavy atom. The summed E-state index contributed by atoms with van der Waals surface area (Å²) in [6.07, 6.45) is -1.34. The third-order valence-corrected chi connectivity index (χ3v) is 2.18. The van der Waals surface area contributed by atoms with E-state index in [0.717, 1.165) is 6.42 Å². The van der Waals surface area contributed by atoms with Crippen molar-refractivity contribution in [3.63, 3.8) is 0 Å². The van der Waals surface area contributed by atoms with E-state index in [0.29, 0.717) is 0 Å². The van der Waals surface area contributed by atoms with Crippen molar-refractivity contribution in [2.24, 2.45) is 5.92 Å². The Labute approximate surface area is 59.0 Å². The van der Waals surface area contributed by atoms with E-state index in [1.165, 1.54) is 0 Å². The molecule has 1 fully saturated rings. The fraction of sp³-hybridized carbons (Fsp3) is 1.00. The first-order chi connectivity index (χ1) is 4.54. The SMILES string of the molecule is CC1CCC(O)(C(F)F)C1. The van der Waals surface area contributed by atoms with Gasteiger partial charge in [-0.05, 0) is 25.2 Å². The van der Waals surface area contributed by atoms with Crippen LogP contribution < -0.4 is 0 Å². The standard InChI is InChI=1S/C7H12F2O/c1-5-2-3-7(10,4-5)6(8)9/h5-6,10H,2-4H2,1H3. The Morgan fingerprint density at radius 2 is 2.20 bits per heavy atom. The van der Waals surface area contributed by atoms with E-state index in [-0.39, 0.29) is 18.8 Å². The molecule has 60 valence electrons. The van der Waals surface area contributed by atoms with Gasteiger partial charge in [0.1, 0.15) is 5.60 Å². The molecule has 1 rings (SSSR count). The van der Waals surface area contributed by atoms with E-state index in [4.69, 9.17) is 0 Å². The lowest BCUT2D eigenvalue weighted by Gasteiger charge is -2.20. The molecule has 1 nitrogen and oxygen atoms in total. The summed E-state index contributed by atoms with van der Waals surface area (Å²) >= 11 is 0. The topological polar surface area (TPSA) is 20.2 Å². The highest BCUT2D eigenvalue weighted by molar-refractivity contribution is 4.89. The highest BCUT2D eigenvalue weighted by Crippen LogP contribution is 2.38. The maximum Gasteiger partial charge on any atom is 0.266 e. The molecule has 2 atom stereocenters. The van der Waals surface area contributed by atoms with Gasteiger partial charge in [-0.25, -0.2) is 8.78 Å². The van der Waals surface area contributed by atoms with Gasteiger partial charge in [-0.2, -0.15) is 0 Å². The van der Waals surface area contributed by atoms with E-state index in [9.17, 15) is 13.9 Å². The van der Waals surface area contributed by atoms with Gasteiger partial charge in [0.25, 0.3) is 6.43 Å². The van der Waals surface area contributed by atoms with E-state index in [2.05, 4.69) is 0 Å². The van der Waals surface area contributed by atoms with Gasteiger partial charge in [0, 0.05) is 0 Å². The molecule has 0 aromatic carbocycles. The predicted octanol–water partition coefficient (Wildman–Crippen LogP) is 1.80. The number of halogens is 2. The third-order valence-electron chi connectivity index (χ3n) is 2.18. The summed E-state index contributed by atoms with van der Waals surface area (Å²) in [6, 6.07) is 0. The number of alkyl halides is 2. The van der Waals surface area contributed by atoms with Crippen LogP contribution in [0, 0.1) is 5.92 Å². The number of hydrogen-bond acceptors (Lipinski definition) is 1. The van der Waals surface area contributed by atoms with Crippen LogP contribution in [0.4, 0.5) is 8.78 Å². The fourth-order valence-corrected chi connectivity index (χ4v) is 1.50. The maximum absolute atomic E-state index is 12.0. The van der Waals surface area contributed by atoms with Gasteiger partial charge in [-0.1, -0.05) is 6.92 Å². The van der Waals surface area contributed by atoms with Crippen LogP contribution in [-0.4, -0.2) is 17.1 Å². The van der Waals surface area contributed by atoms with Crippen LogP contribution in [0.25, 0.3) is 0 Å². The molecular weight excluding hydrogens is 138 g/mol. The fourth-order valence-electron chi connectivity index (χ4n) is 1.50. The lowest BCUT2D eigenvalue weighted by atomic mass is 10.0. The summed E-state index contributed by atoms with van der Waals surface area (Å²) < 4.78 is 24.1. The van der Waals surface area contributed by atoms with Crippen molar-refractivity contribution in [3.05, 3.63) is 0 Å². The van der Waals surface area contributed by atoms with Crippen molar-refractivity contribution in [1.82, 2.24) is 0 Å². The van der Waals surface area contributed by atoms with Gasteiger partial charge in [0.05, 0.1) is 0 Å². The van der Waals surface area contributed by atoms with E-state index in [1.807, 2.05) is 6.92 Å². The smallest absolute Gasteiger partial charge is 0.266 e. The first-order valence-electron chi connectivity index (χ1n) is 3.55. The van der Waals surface area contributed by atoms with Gasteiger partial charge in [0.2, 0.25) is 0 Å². The minimum Gasteiger partial charge on any atom is -0.384 e. The predicted molar refractivity (Wildman–Crippen MR) is 34.0 cm³/mol. The minimum absolute atomic E-state index is 0.249. The normalized spacial score (nSPS) is 41.1. The lowest BCUT2D eigenvalue weighted by Crippen LogP contribution is -2.33. The van der Waals surface area contributed by atoms with Gasteiger partial charge in [-0.15, -0.1) is 0 Å². The number of rotatable bonds is 1. The van der Waals surface area contributed by atoms with Crippen molar-refractivity contribution in [2.75, 3.05) is 0 Å². The van der Waals surface area contributed by atoms with Crippen molar-refractivity contribution in [2.45, 2.75) is 38.2 Å². The highest BCUT2D eigenvalue weighted by Gasteiger charge is 2.43. The van der Waals surface area contributed by atoms with Crippen LogP contribution in [0.3, 0.4) is 0 Å². The Bertz CT molecular complexity index is 127. The summed E-state index contributed by atoms with van der Waals surface area (Å²) in [5.74, 6) is 0.249. The Kier molecular flexibility index (Phi) is 1.95. The first-order valence-corrected chi connectivity index (χ1v) is 3.55. The Morgan fingerprint density at radius 3 is 2.40 bits per heavy atom. The molecule has 0 saturated heterocycles. The second-order valence-corrected chi connectivity index (χ2v) is 3.25. The molecule has 0 amide bonds. The van der Waals surface area contributed by atoms with Crippen molar-refractivity contribution >= 4 is 0 Å². The third kappa shape index (κ3) is 1.29. The van der Waals surface area contributed by atoms with Gasteiger partial charge >= 0.3 is 0 Å². The zero-order valence-corrected chi connectivity index (χ0v) is 5.98. The zero-order valence-electron chi connectivity index (χ0n) is 5.98. The van der Waals surface area contributed by atoms with Crippen LogP contribution in [0.1, 0.15) is 26.2 Å². The summed E-state index contributed by atoms with van der Waals surface area (Å²) in [7, 11) is 0. The zero-order chi connectivity index (χ0) is 7.78. The molecule has 1 N–H and O–H groups in total. The van der Waals surface area contributed by atoms with Gasteiger partial charge in [-0.3, -0.25) is 0 Å². The van der Waals surface area contributed by atoms with Crippen molar-refractivity contribution in [1.29, 1.82) is 0 Å². The molecule has 10 heavy (non-hydrogen) atoms. The molecule has 3 heteroatoms. The Balaban J connectivity index is 2.54. The summed E-state index contributed by atoms with van der Waals surface area (Å²) in [5.41, 5.74) is -1.67. The molecule has 0 spiro atoms. The van der Waals surface area contributed by atoms with E-state index < -0.39 is 12.0 Å². The molecule has 2 unspecified atom stereocenters. The second-order valence-electron chi connectivity index (χ2n) is 3.25. The van der Waals surface area contributed by atoms with E-state index in [1.54, 1.807) is 0 Å². The molecule has 0 bridgehead atoms. The maximum atomic E-state index is 12.0. The molecule has 0 radical (unpaired) electrons. The van der Waals surface area contributed by atoms with Crippen LogP contribution in [0.15, 0.2) is 0 Å². The molecule has 0 aromatic rings. The van der Waals surface area contributed by atoms with Crippen molar-refractivity contribution in [3.8, 4) is 0 Å². The van der Waals surface area contributed by atoms with Crippen molar-refractivity contribution < 1.29 is 13.9 Å². The largest absolute Gasteiger partial charge is 0.384 e. The molecule has 0 heterocycles. The molecule has 1 saturated carbocycles. The lowest BCUT2D eigenvalue weighted by molar-refractivity contribution is -0.0924.